The van der Waals surface area contributed by atoms with Crippen molar-refractivity contribution in [3.63, 3.8) is 0 Å². The smallest absolute Gasteiger partial charge is 0.0689 e. The number of hydrogen-bond donors (Lipinski definition) is 2. The predicted octanol–water partition coefficient (Wildman–Crippen LogP) is 2.37. The van der Waals surface area contributed by atoms with E-state index in [1.54, 1.807) is 0 Å². The molecule has 2 saturated carbocycles. The van der Waals surface area contributed by atoms with Gasteiger partial charge in [-0.25, -0.2) is 0 Å². The molecule has 1 saturated heterocycles. The maximum Gasteiger partial charge on any atom is 0.0689 e. The van der Waals surface area contributed by atoms with Gasteiger partial charge >= 0.3 is 0 Å². The Hall–Kier alpha value is -0.120. The van der Waals surface area contributed by atoms with Crippen molar-refractivity contribution in [1.29, 1.82) is 0 Å². The van der Waals surface area contributed by atoms with Crippen LogP contribution in [0.5, 0.6) is 0 Å². The summed E-state index contributed by atoms with van der Waals surface area (Å²) in [5.41, 5.74) is 0.201. The molecule has 0 aromatic heterocycles. The van der Waals surface area contributed by atoms with E-state index in [4.69, 9.17) is 4.74 Å². The fourth-order valence-electron chi connectivity index (χ4n) is 3.60. The van der Waals surface area contributed by atoms with Crippen LogP contribution >= 0.6 is 0 Å². The first-order valence-corrected chi connectivity index (χ1v) is 7.85. The normalized spacial score (nSPS) is 32.8. The van der Waals surface area contributed by atoms with Gasteiger partial charge in [0.25, 0.3) is 0 Å². The van der Waals surface area contributed by atoms with E-state index >= 15 is 0 Å². The van der Waals surface area contributed by atoms with Crippen LogP contribution in [0.25, 0.3) is 0 Å². The molecule has 2 aliphatic carbocycles. The van der Waals surface area contributed by atoms with Crippen LogP contribution in [-0.2, 0) is 4.74 Å². The van der Waals surface area contributed by atoms with Crippen molar-refractivity contribution < 1.29 is 9.84 Å². The largest absolute Gasteiger partial charge is 0.392 e. The number of aliphatic hydroxyl groups is 1. The minimum absolute atomic E-state index is 0.201. The maximum absolute atomic E-state index is 10.0. The molecule has 3 fully saturated rings. The van der Waals surface area contributed by atoms with E-state index in [9.17, 15) is 5.11 Å². The quantitative estimate of drug-likeness (QED) is 0.790. The molecule has 0 aromatic rings. The van der Waals surface area contributed by atoms with Crippen molar-refractivity contribution in [2.24, 2.45) is 0 Å². The molecule has 3 heteroatoms. The molecule has 0 aromatic carbocycles. The zero-order chi connectivity index (χ0) is 12.4. The van der Waals surface area contributed by atoms with Crippen molar-refractivity contribution in [3.8, 4) is 0 Å². The van der Waals surface area contributed by atoms with Gasteiger partial charge in [-0.1, -0.05) is 19.3 Å². The van der Waals surface area contributed by atoms with Gasteiger partial charge in [-0.05, 0) is 38.5 Å². The zero-order valence-corrected chi connectivity index (χ0v) is 11.4. The molecule has 3 aliphatic rings. The van der Waals surface area contributed by atoms with E-state index in [1.165, 1.54) is 51.4 Å². The number of nitrogens with one attached hydrogen (secondary N) is 1. The highest BCUT2D eigenvalue weighted by molar-refractivity contribution is 4.92. The summed E-state index contributed by atoms with van der Waals surface area (Å²) in [5, 5.41) is 13.4. The Balaban J connectivity index is 1.40. The molecule has 3 nitrogen and oxygen atoms in total. The Morgan fingerprint density at radius 1 is 1.11 bits per heavy atom. The van der Waals surface area contributed by atoms with Crippen molar-refractivity contribution in [3.05, 3.63) is 0 Å². The molecule has 2 N–H and O–H groups in total. The van der Waals surface area contributed by atoms with Gasteiger partial charge in [0.05, 0.1) is 17.8 Å². The fourth-order valence-corrected chi connectivity index (χ4v) is 3.60. The SMILES string of the molecule is OC(CNC1CC1)CC1CCC2(CCCCC2)O1. The molecule has 1 heterocycles. The van der Waals surface area contributed by atoms with Crippen LogP contribution in [0.1, 0.15) is 64.2 Å². The summed E-state index contributed by atoms with van der Waals surface area (Å²) >= 11 is 0. The van der Waals surface area contributed by atoms with Crippen LogP contribution in [0.2, 0.25) is 0 Å². The van der Waals surface area contributed by atoms with Crippen LogP contribution in [0.3, 0.4) is 0 Å². The van der Waals surface area contributed by atoms with Gasteiger partial charge in [0.2, 0.25) is 0 Å². The van der Waals surface area contributed by atoms with Crippen molar-refractivity contribution in [1.82, 2.24) is 5.32 Å². The molecule has 3 rings (SSSR count). The van der Waals surface area contributed by atoms with Crippen LogP contribution in [0.4, 0.5) is 0 Å². The first kappa shape index (κ1) is 12.9. The highest BCUT2D eigenvalue weighted by Crippen LogP contribution is 2.42. The summed E-state index contributed by atoms with van der Waals surface area (Å²) in [6, 6.07) is 0.689. The van der Waals surface area contributed by atoms with Gasteiger partial charge in [-0.3, -0.25) is 0 Å². The van der Waals surface area contributed by atoms with Crippen LogP contribution < -0.4 is 5.32 Å². The topological polar surface area (TPSA) is 41.5 Å². The third-order valence-corrected chi connectivity index (χ3v) is 4.86. The minimum Gasteiger partial charge on any atom is -0.392 e. The molecular formula is C15H27NO2. The molecule has 18 heavy (non-hydrogen) atoms. The molecule has 0 radical (unpaired) electrons. The van der Waals surface area contributed by atoms with Crippen molar-refractivity contribution in [2.45, 2.75) is 88.1 Å². The summed E-state index contributed by atoms with van der Waals surface area (Å²) < 4.78 is 6.30. The minimum atomic E-state index is -0.227. The molecule has 2 unspecified atom stereocenters. The number of ether oxygens (including phenoxy) is 1. The van der Waals surface area contributed by atoms with E-state index in [0.29, 0.717) is 12.1 Å². The summed E-state index contributed by atoms with van der Waals surface area (Å²) in [5.74, 6) is 0. The van der Waals surface area contributed by atoms with E-state index in [0.717, 1.165) is 19.4 Å². The summed E-state index contributed by atoms with van der Waals surface area (Å²) in [7, 11) is 0. The second kappa shape index (κ2) is 5.48. The molecule has 1 aliphatic heterocycles. The second-order valence-corrected chi connectivity index (χ2v) is 6.59. The Morgan fingerprint density at radius 2 is 1.89 bits per heavy atom. The van der Waals surface area contributed by atoms with Gasteiger partial charge < -0.3 is 15.2 Å². The van der Waals surface area contributed by atoms with Gasteiger partial charge in [0.1, 0.15) is 0 Å². The van der Waals surface area contributed by atoms with Crippen LogP contribution in [-0.4, -0.2) is 35.5 Å². The Morgan fingerprint density at radius 3 is 2.61 bits per heavy atom. The van der Waals surface area contributed by atoms with Gasteiger partial charge in [0.15, 0.2) is 0 Å². The zero-order valence-electron chi connectivity index (χ0n) is 11.4. The maximum atomic E-state index is 10.0. The van der Waals surface area contributed by atoms with Gasteiger partial charge in [-0.2, -0.15) is 0 Å². The standard InChI is InChI=1S/C15H27NO2/c17-13(11-16-12-4-5-12)10-14-6-9-15(18-14)7-2-1-3-8-15/h12-14,16-17H,1-11H2. The van der Waals surface area contributed by atoms with E-state index < -0.39 is 0 Å². The van der Waals surface area contributed by atoms with Crippen molar-refractivity contribution in [2.75, 3.05) is 6.54 Å². The number of rotatable bonds is 5. The molecule has 0 amide bonds. The van der Waals surface area contributed by atoms with Gasteiger partial charge in [0, 0.05) is 19.0 Å². The Kier molecular flexibility index (Phi) is 3.92. The van der Waals surface area contributed by atoms with Crippen LogP contribution in [0, 0.1) is 0 Å². The predicted molar refractivity (Wildman–Crippen MR) is 71.6 cm³/mol. The monoisotopic (exact) mass is 253 g/mol. The Bertz CT molecular complexity index is 272. The van der Waals surface area contributed by atoms with Crippen LogP contribution in [0.15, 0.2) is 0 Å². The lowest BCUT2D eigenvalue weighted by Crippen LogP contribution is -2.34. The third-order valence-electron chi connectivity index (χ3n) is 4.86. The number of hydrogen-bond acceptors (Lipinski definition) is 3. The molecule has 2 atom stereocenters. The Labute approximate surface area is 110 Å². The summed E-state index contributed by atoms with van der Waals surface area (Å²) in [4.78, 5) is 0. The lowest BCUT2D eigenvalue weighted by Gasteiger charge is -2.33. The average Bonchev–Trinajstić information content (AvgIpc) is 3.13. The van der Waals surface area contributed by atoms with E-state index in [1.807, 2.05) is 0 Å². The summed E-state index contributed by atoms with van der Waals surface area (Å²) in [6.45, 7) is 0.748. The average molecular weight is 253 g/mol. The van der Waals surface area contributed by atoms with Gasteiger partial charge in [-0.15, -0.1) is 0 Å². The molecule has 104 valence electrons. The first-order chi connectivity index (χ1) is 8.76. The molecule has 1 spiro atoms. The number of aliphatic hydroxyl groups excluding tert-OH is 1. The van der Waals surface area contributed by atoms with E-state index in [2.05, 4.69) is 5.32 Å². The lowest BCUT2D eigenvalue weighted by atomic mass is 9.83. The summed E-state index contributed by atoms with van der Waals surface area (Å²) in [6.07, 6.45) is 12.4. The van der Waals surface area contributed by atoms with E-state index in [-0.39, 0.29) is 11.7 Å². The highest BCUT2D eigenvalue weighted by atomic mass is 16.5. The fraction of sp³-hybridized carbons (Fsp3) is 1.00. The molecular weight excluding hydrogens is 226 g/mol. The molecule has 0 bridgehead atoms. The second-order valence-electron chi connectivity index (χ2n) is 6.59. The highest BCUT2D eigenvalue weighted by Gasteiger charge is 2.41. The third kappa shape index (κ3) is 3.25. The van der Waals surface area contributed by atoms with Crippen molar-refractivity contribution >= 4 is 0 Å². The lowest BCUT2D eigenvalue weighted by molar-refractivity contribution is -0.0752. The first-order valence-electron chi connectivity index (χ1n) is 7.85.